The van der Waals surface area contributed by atoms with Gasteiger partial charge in [0.15, 0.2) is 0 Å². The first-order valence-electron chi connectivity index (χ1n) is 6.25. The highest BCUT2D eigenvalue weighted by molar-refractivity contribution is 5.69. The van der Waals surface area contributed by atoms with Gasteiger partial charge in [0.25, 0.3) is 0 Å². The number of benzene rings is 1. The molecular formula is C15H20O3. The molecule has 0 aliphatic heterocycles. The Morgan fingerprint density at radius 2 is 2.00 bits per heavy atom. The van der Waals surface area contributed by atoms with E-state index in [0.29, 0.717) is 32.7 Å². The first-order valence-corrected chi connectivity index (χ1v) is 6.25. The van der Waals surface area contributed by atoms with Crippen LogP contribution in [-0.2, 0) is 20.9 Å². The molecule has 0 radical (unpaired) electrons. The van der Waals surface area contributed by atoms with Crippen LogP contribution >= 0.6 is 0 Å². The minimum atomic E-state index is -0.146. The van der Waals surface area contributed by atoms with Gasteiger partial charge in [0, 0.05) is 6.42 Å². The Morgan fingerprint density at radius 3 is 2.72 bits per heavy atom. The third kappa shape index (κ3) is 6.86. The van der Waals surface area contributed by atoms with Crippen molar-refractivity contribution in [2.45, 2.75) is 26.4 Å². The minimum Gasteiger partial charge on any atom is -0.466 e. The van der Waals surface area contributed by atoms with Crippen molar-refractivity contribution in [2.24, 2.45) is 0 Å². The molecule has 98 valence electrons. The van der Waals surface area contributed by atoms with Crippen LogP contribution in [0.15, 0.2) is 42.5 Å². The van der Waals surface area contributed by atoms with Crippen LogP contribution in [0.4, 0.5) is 0 Å². The standard InChI is InChI=1S/C15H20O3/c1-2-18-15(16)11-7-4-8-12-17-13-14-9-5-3-6-10-14/h3-6,8-10H,2,7,11-13H2,1H3. The first kappa shape index (κ1) is 14.5. The van der Waals surface area contributed by atoms with Crippen LogP contribution in [0.2, 0.25) is 0 Å². The molecular weight excluding hydrogens is 228 g/mol. The van der Waals surface area contributed by atoms with Crippen LogP contribution < -0.4 is 0 Å². The van der Waals surface area contributed by atoms with E-state index >= 15 is 0 Å². The monoisotopic (exact) mass is 248 g/mol. The van der Waals surface area contributed by atoms with Crippen LogP contribution in [0.1, 0.15) is 25.3 Å². The fourth-order valence-corrected chi connectivity index (χ4v) is 1.44. The molecule has 1 aromatic rings. The van der Waals surface area contributed by atoms with Gasteiger partial charge in [-0.05, 0) is 18.9 Å². The minimum absolute atomic E-state index is 0.146. The Bertz CT molecular complexity index is 357. The SMILES string of the molecule is CCOC(=O)CCC=CCOCc1ccccc1. The summed E-state index contributed by atoms with van der Waals surface area (Å²) in [4.78, 5) is 11.0. The third-order valence-corrected chi connectivity index (χ3v) is 2.31. The maximum atomic E-state index is 11.0. The Kier molecular flexibility index (Phi) is 7.57. The number of carbonyl (C=O) groups is 1. The van der Waals surface area contributed by atoms with E-state index in [0.717, 1.165) is 5.56 Å². The second kappa shape index (κ2) is 9.42. The number of carbonyl (C=O) groups excluding carboxylic acids is 1. The maximum Gasteiger partial charge on any atom is 0.306 e. The van der Waals surface area contributed by atoms with Gasteiger partial charge in [0.2, 0.25) is 0 Å². The lowest BCUT2D eigenvalue weighted by Crippen LogP contribution is -2.02. The van der Waals surface area contributed by atoms with Gasteiger partial charge in [-0.1, -0.05) is 42.5 Å². The normalized spacial score (nSPS) is 10.7. The van der Waals surface area contributed by atoms with Gasteiger partial charge in [-0.3, -0.25) is 4.79 Å². The molecule has 0 saturated carbocycles. The third-order valence-electron chi connectivity index (χ3n) is 2.31. The van der Waals surface area contributed by atoms with Gasteiger partial charge in [-0.2, -0.15) is 0 Å². The Morgan fingerprint density at radius 1 is 1.22 bits per heavy atom. The average molecular weight is 248 g/mol. The van der Waals surface area contributed by atoms with Crippen molar-refractivity contribution < 1.29 is 14.3 Å². The molecule has 0 atom stereocenters. The number of rotatable bonds is 8. The zero-order valence-electron chi connectivity index (χ0n) is 10.8. The molecule has 0 aliphatic carbocycles. The van der Waals surface area contributed by atoms with Gasteiger partial charge in [-0.25, -0.2) is 0 Å². The summed E-state index contributed by atoms with van der Waals surface area (Å²) in [6, 6.07) is 10.0. The predicted molar refractivity (Wildman–Crippen MR) is 71.1 cm³/mol. The Balaban J connectivity index is 2.02. The summed E-state index contributed by atoms with van der Waals surface area (Å²) in [5.41, 5.74) is 1.16. The summed E-state index contributed by atoms with van der Waals surface area (Å²) >= 11 is 0. The molecule has 0 fully saturated rings. The fourth-order valence-electron chi connectivity index (χ4n) is 1.44. The molecule has 0 unspecified atom stereocenters. The van der Waals surface area contributed by atoms with Gasteiger partial charge in [0.1, 0.15) is 0 Å². The summed E-state index contributed by atoms with van der Waals surface area (Å²) in [7, 11) is 0. The maximum absolute atomic E-state index is 11.0. The van der Waals surface area contributed by atoms with E-state index in [9.17, 15) is 4.79 Å². The van der Waals surface area contributed by atoms with Crippen LogP contribution in [0, 0.1) is 0 Å². The number of allylic oxidation sites excluding steroid dienone is 1. The molecule has 3 nitrogen and oxygen atoms in total. The molecule has 1 aromatic carbocycles. The summed E-state index contributed by atoms with van der Waals surface area (Å²) in [5, 5.41) is 0. The molecule has 0 N–H and O–H groups in total. The molecule has 1 rings (SSSR count). The van der Waals surface area contributed by atoms with Crippen molar-refractivity contribution in [1.82, 2.24) is 0 Å². The Hall–Kier alpha value is -1.61. The van der Waals surface area contributed by atoms with E-state index in [4.69, 9.17) is 9.47 Å². The number of hydrogen-bond acceptors (Lipinski definition) is 3. The second-order valence-electron chi connectivity index (χ2n) is 3.82. The van der Waals surface area contributed by atoms with Gasteiger partial charge in [0.05, 0.1) is 19.8 Å². The molecule has 0 bridgehead atoms. The van der Waals surface area contributed by atoms with Crippen molar-refractivity contribution in [1.29, 1.82) is 0 Å². The molecule has 0 spiro atoms. The van der Waals surface area contributed by atoms with Crippen LogP contribution in [0.25, 0.3) is 0 Å². The summed E-state index contributed by atoms with van der Waals surface area (Å²) in [5.74, 6) is -0.146. The van der Waals surface area contributed by atoms with E-state index in [1.165, 1.54) is 0 Å². The van der Waals surface area contributed by atoms with E-state index in [1.54, 1.807) is 0 Å². The summed E-state index contributed by atoms with van der Waals surface area (Å²) in [6.45, 7) is 3.44. The highest BCUT2D eigenvalue weighted by Crippen LogP contribution is 2.00. The predicted octanol–water partition coefficient (Wildman–Crippen LogP) is 3.10. The molecule has 3 heteroatoms. The lowest BCUT2D eigenvalue weighted by atomic mass is 10.2. The lowest BCUT2D eigenvalue weighted by molar-refractivity contribution is -0.143. The fraction of sp³-hybridized carbons (Fsp3) is 0.400. The highest BCUT2D eigenvalue weighted by Gasteiger charge is 1.97. The topological polar surface area (TPSA) is 35.5 Å². The van der Waals surface area contributed by atoms with Gasteiger partial charge >= 0.3 is 5.97 Å². The van der Waals surface area contributed by atoms with E-state index < -0.39 is 0 Å². The number of esters is 1. The first-order chi connectivity index (χ1) is 8.83. The summed E-state index contributed by atoms with van der Waals surface area (Å²) in [6.07, 6.45) is 5.01. The Labute approximate surface area is 108 Å². The van der Waals surface area contributed by atoms with Crippen LogP contribution in [-0.4, -0.2) is 19.2 Å². The largest absolute Gasteiger partial charge is 0.466 e. The molecule has 18 heavy (non-hydrogen) atoms. The van der Waals surface area contributed by atoms with E-state index in [-0.39, 0.29) is 5.97 Å². The van der Waals surface area contributed by atoms with Crippen LogP contribution in [0.3, 0.4) is 0 Å². The zero-order chi connectivity index (χ0) is 13.1. The zero-order valence-corrected chi connectivity index (χ0v) is 10.8. The summed E-state index contributed by atoms with van der Waals surface area (Å²) < 4.78 is 10.3. The van der Waals surface area contributed by atoms with Crippen molar-refractivity contribution in [3.05, 3.63) is 48.0 Å². The quantitative estimate of drug-likeness (QED) is 0.403. The molecule has 0 aromatic heterocycles. The van der Waals surface area contributed by atoms with Gasteiger partial charge < -0.3 is 9.47 Å². The van der Waals surface area contributed by atoms with E-state index in [2.05, 4.69) is 0 Å². The second-order valence-corrected chi connectivity index (χ2v) is 3.82. The van der Waals surface area contributed by atoms with E-state index in [1.807, 2.05) is 49.4 Å². The average Bonchev–Trinajstić information content (AvgIpc) is 2.39. The molecule has 0 heterocycles. The lowest BCUT2D eigenvalue weighted by Gasteiger charge is -2.01. The molecule has 0 saturated heterocycles. The number of ether oxygens (including phenoxy) is 2. The molecule has 0 aliphatic rings. The number of hydrogen-bond donors (Lipinski definition) is 0. The molecule has 0 amide bonds. The van der Waals surface area contributed by atoms with Crippen molar-refractivity contribution in [3.8, 4) is 0 Å². The van der Waals surface area contributed by atoms with Crippen molar-refractivity contribution in [2.75, 3.05) is 13.2 Å². The van der Waals surface area contributed by atoms with Crippen molar-refractivity contribution >= 4 is 5.97 Å². The van der Waals surface area contributed by atoms with Crippen molar-refractivity contribution in [3.63, 3.8) is 0 Å². The highest BCUT2D eigenvalue weighted by atomic mass is 16.5. The van der Waals surface area contributed by atoms with Gasteiger partial charge in [-0.15, -0.1) is 0 Å². The van der Waals surface area contributed by atoms with Crippen LogP contribution in [0.5, 0.6) is 0 Å². The smallest absolute Gasteiger partial charge is 0.306 e.